The molecule has 2 aromatic carbocycles. The molecule has 3 N–H and O–H groups in total. The quantitative estimate of drug-likeness (QED) is 0.387. The minimum Gasteiger partial charge on any atom is -0.464 e. The number of aromatic nitrogens is 2. The van der Waals surface area contributed by atoms with E-state index in [4.69, 9.17) is 0 Å². The molecule has 2 amide bonds. The summed E-state index contributed by atoms with van der Waals surface area (Å²) in [5.41, 5.74) is -0.419. The number of hydrogen-bond acceptors (Lipinski definition) is 6. The average molecular weight is 448 g/mol. The number of carbonyl (C=O) groups is 3. The van der Waals surface area contributed by atoms with Crippen molar-refractivity contribution in [1.82, 2.24) is 14.9 Å². The highest BCUT2D eigenvalue weighted by atomic mass is 16.5. The lowest BCUT2D eigenvalue weighted by Gasteiger charge is -2.12. The second-order valence-electron chi connectivity index (χ2n) is 6.93. The highest BCUT2D eigenvalue weighted by Crippen LogP contribution is 2.26. The number of nitrogens with zero attached hydrogens (tertiary/aromatic N) is 1. The van der Waals surface area contributed by atoms with E-state index >= 15 is 0 Å². The monoisotopic (exact) mass is 448 g/mol. The molecule has 3 rings (SSSR count). The van der Waals surface area contributed by atoms with Crippen molar-refractivity contribution < 1.29 is 19.1 Å². The highest BCUT2D eigenvalue weighted by molar-refractivity contribution is 6.15. The molecule has 0 radical (unpaired) electrons. The first-order valence-electron chi connectivity index (χ1n) is 9.58. The Bertz CT molecular complexity index is 1430. The molecular weight excluding hydrogens is 428 g/mol. The Morgan fingerprint density at radius 3 is 2.30 bits per heavy atom. The SMILES string of the molecule is C=C(NC(=O)C(=C)n1c(=O)[nH]c2c(-c3ccc(NC(C)=O)cc3)cccc2c1=O)C(=O)OC. The summed E-state index contributed by atoms with van der Waals surface area (Å²) in [4.78, 5) is 63.5. The van der Waals surface area contributed by atoms with Gasteiger partial charge in [0.15, 0.2) is 0 Å². The molecule has 0 bridgehead atoms. The molecule has 1 aromatic heterocycles. The molecule has 10 nitrogen and oxygen atoms in total. The maximum absolute atomic E-state index is 13.1. The van der Waals surface area contributed by atoms with Crippen molar-refractivity contribution >= 4 is 40.1 Å². The number of ether oxygens (including phenoxy) is 1. The summed E-state index contributed by atoms with van der Waals surface area (Å²) in [5, 5.41) is 4.94. The van der Waals surface area contributed by atoms with Crippen LogP contribution < -0.4 is 21.9 Å². The molecule has 3 aromatic rings. The van der Waals surface area contributed by atoms with Crippen LogP contribution in [0.4, 0.5) is 5.69 Å². The molecule has 0 aliphatic carbocycles. The predicted octanol–water partition coefficient (Wildman–Crippen LogP) is 1.59. The summed E-state index contributed by atoms with van der Waals surface area (Å²) in [7, 11) is 1.11. The molecule has 0 unspecified atom stereocenters. The number of anilines is 1. The van der Waals surface area contributed by atoms with Gasteiger partial charge in [-0.3, -0.25) is 14.4 Å². The standard InChI is InChI=1S/C23H20N4O6/c1-12(22(31)33-4)24-20(29)13(2)27-21(30)18-7-5-6-17(19(18)26-23(27)32)15-8-10-16(11-9-15)25-14(3)28/h5-11H,1-2H2,3-4H3,(H,24,29)(H,25,28)(H,26,32). The van der Waals surface area contributed by atoms with E-state index in [1.165, 1.54) is 13.0 Å². The fraction of sp³-hybridized carbons (Fsp3) is 0.0870. The van der Waals surface area contributed by atoms with Gasteiger partial charge in [0.1, 0.15) is 11.4 Å². The van der Waals surface area contributed by atoms with E-state index in [1.54, 1.807) is 36.4 Å². The lowest BCUT2D eigenvalue weighted by atomic mass is 10.0. The lowest BCUT2D eigenvalue weighted by Crippen LogP contribution is -2.39. The Morgan fingerprint density at radius 1 is 1.03 bits per heavy atom. The van der Waals surface area contributed by atoms with Gasteiger partial charge in [-0.15, -0.1) is 0 Å². The zero-order valence-corrected chi connectivity index (χ0v) is 17.9. The molecule has 0 aliphatic heterocycles. The van der Waals surface area contributed by atoms with Crippen molar-refractivity contribution in [3.05, 3.63) is 82.2 Å². The molecular formula is C23H20N4O6. The number of hydrogen-bond donors (Lipinski definition) is 3. The number of amides is 2. The van der Waals surface area contributed by atoms with Crippen LogP contribution in [-0.2, 0) is 19.1 Å². The Hall–Kier alpha value is -4.73. The summed E-state index contributed by atoms with van der Waals surface area (Å²) in [6, 6.07) is 11.7. The number of fused-ring (bicyclic) bond motifs is 1. The number of aromatic amines is 1. The van der Waals surface area contributed by atoms with Gasteiger partial charge in [0, 0.05) is 18.2 Å². The molecule has 0 atom stereocenters. The van der Waals surface area contributed by atoms with Gasteiger partial charge in [-0.1, -0.05) is 37.4 Å². The minimum absolute atomic E-state index is 0.138. The van der Waals surface area contributed by atoms with Crippen LogP contribution >= 0.6 is 0 Å². The largest absolute Gasteiger partial charge is 0.464 e. The Labute approximate surface area is 187 Å². The number of methoxy groups -OCH3 is 1. The van der Waals surface area contributed by atoms with Crippen LogP contribution in [0.5, 0.6) is 0 Å². The second-order valence-corrected chi connectivity index (χ2v) is 6.93. The molecule has 0 fully saturated rings. The Kier molecular flexibility index (Phi) is 6.38. The molecule has 33 heavy (non-hydrogen) atoms. The lowest BCUT2D eigenvalue weighted by molar-refractivity contribution is -0.137. The fourth-order valence-corrected chi connectivity index (χ4v) is 3.15. The normalized spacial score (nSPS) is 10.4. The first-order valence-corrected chi connectivity index (χ1v) is 9.58. The number of benzene rings is 2. The molecule has 168 valence electrons. The maximum Gasteiger partial charge on any atom is 0.353 e. The van der Waals surface area contributed by atoms with Gasteiger partial charge in [-0.25, -0.2) is 14.2 Å². The Morgan fingerprint density at radius 2 is 1.70 bits per heavy atom. The van der Waals surface area contributed by atoms with E-state index in [-0.39, 0.29) is 22.5 Å². The van der Waals surface area contributed by atoms with Crippen molar-refractivity contribution in [2.75, 3.05) is 12.4 Å². The van der Waals surface area contributed by atoms with Crippen LogP contribution in [0.1, 0.15) is 6.92 Å². The molecule has 0 aliphatic rings. The first kappa shape index (κ1) is 22.9. The average Bonchev–Trinajstić information content (AvgIpc) is 2.78. The van der Waals surface area contributed by atoms with Crippen LogP contribution in [0.25, 0.3) is 27.7 Å². The zero-order chi connectivity index (χ0) is 24.3. The number of nitrogens with one attached hydrogen (secondary N) is 3. The van der Waals surface area contributed by atoms with Gasteiger partial charge in [0.25, 0.3) is 11.5 Å². The molecule has 10 heteroatoms. The van der Waals surface area contributed by atoms with E-state index in [2.05, 4.69) is 33.5 Å². The van der Waals surface area contributed by atoms with E-state index in [9.17, 15) is 24.0 Å². The van der Waals surface area contributed by atoms with Gasteiger partial charge in [-0.05, 0) is 23.8 Å². The molecule has 1 heterocycles. The van der Waals surface area contributed by atoms with E-state index in [1.807, 2.05) is 0 Å². The number of H-pyrrole nitrogens is 1. The van der Waals surface area contributed by atoms with Crippen molar-refractivity contribution in [1.29, 1.82) is 0 Å². The van der Waals surface area contributed by atoms with E-state index in [0.717, 1.165) is 7.11 Å². The van der Waals surface area contributed by atoms with Crippen LogP contribution in [0.15, 0.2) is 70.9 Å². The zero-order valence-electron chi connectivity index (χ0n) is 17.9. The van der Waals surface area contributed by atoms with Crippen molar-refractivity contribution in [3.8, 4) is 11.1 Å². The predicted molar refractivity (Wildman–Crippen MR) is 123 cm³/mol. The third kappa shape index (κ3) is 4.64. The van der Waals surface area contributed by atoms with Crippen molar-refractivity contribution in [2.45, 2.75) is 6.92 Å². The van der Waals surface area contributed by atoms with Gasteiger partial charge in [0.2, 0.25) is 5.91 Å². The Balaban J connectivity index is 2.05. The number of rotatable bonds is 6. The smallest absolute Gasteiger partial charge is 0.353 e. The van der Waals surface area contributed by atoms with Crippen LogP contribution in [0.2, 0.25) is 0 Å². The van der Waals surface area contributed by atoms with E-state index in [0.29, 0.717) is 21.4 Å². The van der Waals surface area contributed by atoms with Gasteiger partial charge in [-0.2, -0.15) is 0 Å². The highest BCUT2D eigenvalue weighted by Gasteiger charge is 2.20. The third-order valence-corrected chi connectivity index (χ3v) is 4.68. The fourth-order valence-electron chi connectivity index (χ4n) is 3.15. The molecule has 0 saturated heterocycles. The number of carbonyl (C=O) groups excluding carboxylic acids is 3. The third-order valence-electron chi connectivity index (χ3n) is 4.68. The summed E-state index contributed by atoms with van der Waals surface area (Å²) in [6.07, 6.45) is 0. The van der Waals surface area contributed by atoms with Crippen molar-refractivity contribution in [3.63, 3.8) is 0 Å². The van der Waals surface area contributed by atoms with Crippen LogP contribution in [0, 0.1) is 0 Å². The summed E-state index contributed by atoms with van der Waals surface area (Å²) >= 11 is 0. The summed E-state index contributed by atoms with van der Waals surface area (Å²) in [5.74, 6) is -2.07. The topological polar surface area (TPSA) is 139 Å². The minimum atomic E-state index is -0.970. The maximum atomic E-state index is 13.1. The van der Waals surface area contributed by atoms with Crippen LogP contribution in [0.3, 0.4) is 0 Å². The first-order chi connectivity index (χ1) is 15.6. The second kappa shape index (κ2) is 9.18. The van der Waals surface area contributed by atoms with Crippen LogP contribution in [-0.4, -0.2) is 34.4 Å². The number of esters is 1. The van der Waals surface area contributed by atoms with Gasteiger partial charge in [0.05, 0.1) is 18.0 Å². The number of para-hydroxylation sites is 1. The summed E-state index contributed by atoms with van der Waals surface area (Å²) < 4.78 is 5.02. The van der Waals surface area contributed by atoms with Gasteiger partial charge < -0.3 is 20.4 Å². The van der Waals surface area contributed by atoms with Gasteiger partial charge >= 0.3 is 11.7 Å². The molecule has 0 saturated carbocycles. The molecule has 0 spiro atoms. The van der Waals surface area contributed by atoms with Crippen molar-refractivity contribution in [2.24, 2.45) is 0 Å². The summed E-state index contributed by atoms with van der Waals surface area (Å²) in [6.45, 7) is 8.26. The van der Waals surface area contributed by atoms with E-state index < -0.39 is 28.8 Å².